The van der Waals surface area contributed by atoms with Crippen LogP contribution in [0.4, 0.5) is 0 Å². The Kier molecular flexibility index (Phi) is 6.00. The number of fused-ring (bicyclic) bond motifs is 1. The van der Waals surface area contributed by atoms with Crippen LogP contribution in [0, 0.1) is 0 Å². The minimum atomic E-state index is 0. The van der Waals surface area contributed by atoms with Crippen molar-refractivity contribution in [1.82, 2.24) is 0 Å². The topological polar surface area (TPSA) is 9.23 Å². The monoisotopic (exact) mass is 301 g/mol. The molecule has 0 aliphatic carbocycles. The van der Waals surface area contributed by atoms with E-state index in [1.165, 1.54) is 5.56 Å². The quantitative estimate of drug-likeness (QED) is 0.664. The zero-order valence-electron chi connectivity index (χ0n) is 6.53. The molecule has 3 heteroatoms. The van der Waals surface area contributed by atoms with Crippen molar-refractivity contribution in [3.05, 3.63) is 42.2 Å². The first-order chi connectivity index (χ1) is 4.97. The summed E-state index contributed by atoms with van der Waals surface area (Å²) in [6.07, 6.45) is 4.75. The van der Waals surface area contributed by atoms with E-state index >= 15 is 0 Å². The van der Waals surface area contributed by atoms with Gasteiger partial charge in [-0.1, -0.05) is 18.2 Å². The average molecular weight is 302 g/mol. The summed E-state index contributed by atoms with van der Waals surface area (Å²) in [5, 5.41) is 0. The third-order valence-corrected chi connectivity index (χ3v) is 1.60. The number of hydrogen-bond donors (Lipinski definition) is 0. The fraction of sp³-hybridized carbons (Fsp3) is 0.111. The predicted octanol–water partition coefficient (Wildman–Crippen LogP) is 1.75. The minimum Gasteiger partial charge on any atom is -0.465 e. The van der Waals surface area contributed by atoms with Crippen LogP contribution in [0.5, 0.6) is 5.75 Å². The molecule has 0 aromatic heterocycles. The molecule has 0 bridgehead atoms. The minimum absolute atomic E-state index is 0. The molecule has 1 aliphatic heterocycles. The van der Waals surface area contributed by atoms with Gasteiger partial charge in [-0.05, 0) is 24.1 Å². The Morgan fingerprint density at radius 3 is 2.67 bits per heavy atom. The molecule has 2 rings (SSSR count). The molecule has 12 heavy (non-hydrogen) atoms. The zero-order chi connectivity index (χ0) is 6.81. The van der Waals surface area contributed by atoms with Gasteiger partial charge in [0.05, 0.1) is 6.26 Å². The van der Waals surface area contributed by atoms with Gasteiger partial charge < -0.3 is 4.74 Å². The molecule has 59 valence electrons. The van der Waals surface area contributed by atoms with Gasteiger partial charge in [-0.3, -0.25) is 0 Å². The molecule has 1 aliphatic rings. The van der Waals surface area contributed by atoms with Gasteiger partial charge in [0.15, 0.2) is 0 Å². The Morgan fingerprint density at radius 1 is 1.17 bits per heavy atom. The molecule has 0 fully saturated rings. The zero-order valence-corrected chi connectivity index (χ0v) is 10.6. The molecule has 3 radical (unpaired) electrons. The van der Waals surface area contributed by atoms with E-state index < -0.39 is 0 Å². The van der Waals surface area contributed by atoms with Crippen LogP contribution < -0.4 is 4.74 Å². The molecule has 0 N–H and O–H groups in total. The van der Waals surface area contributed by atoms with Crippen LogP contribution >= 0.6 is 0 Å². The summed E-state index contributed by atoms with van der Waals surface area (Å²) in [5.74, 6) is 0.991. The smallest absolute Gasteiger partial charge is 0.130 e. The molecule has 1 heterocycles. The standard InChI is InChI=1S/C9H8O.Sb.Ti/c1-2-6-9-8(4-1)5-3-7-10-9;;/h1-4,6-7H,5H2;;. The number of allylic oxidation sites excluding steroid dienone is 1. The first-order valence-corrected chi connectivity index (χ1v) is 3.36. The Labute approximate surface area is 105 Å². The summed E-state index contributed by atoms with van der Waals surface area (Å²) < 4.78 is 5.24. The first-order valence-electron chi connectivity index (χ1n) is 3.36. The normalized spacial score (nSPS) is 11.7. The van der Waals surface area contributed by atoms with Crippen LogP contribution in [0.25, 0.3) is 0 Å². The second kappa shape index (κ2) is 5.86. The van der Waals surface area contributed by atoms with Crippen molar-refractivity contribution in [2.45, 2.75) is 6.42 Å². The molecule has 1 nitrogen and oxygen atoms in total. The van der Waals surface area contributed by atoms with Gasteiger partial charge in [0.1, 0.15) is 5.75 Å². The van der Waals surface area contributed by atoms with Crippen molar-refractivity contribution < 1.29 is 26.5 Å². The molecule has 0 saturated heterocycles. The average Bonchev–Trinajstić information content (AvgIpc) is 2.05. The Hall–Kier alpha value is 0.292. The van der Waals surface area contributed by atoms with E-state index in [9.17, 15) is 0 Å². The maximum atomic E-state index is 5.24. The molecule has 0 unspecified atom stereocenters. The number of para-hydroxylation sites is 1. The molecule has 0 saturated carbocycles. The number of benzene rings is 1. The van der Waals surface area contributed by atoms with Crippen molar-refractivity contribution in [1.29, 1.82) is 0 Å². The van der Waals surface area contributed by atoms with Crippen molar-refractivity contribution in [2.24, 2.45) is 0 Å². The van der Waals surface area contributed by atoms with Crippen LogP contribution in [-0.2, 0) is 28.1 Å². The van der Waals surface area contributed by atoms with Gasteiger partial charge in [0.2, 0.25) is 0 Å². The molecule has 1 aromatic rings. The van der Waals surface area contributed by atoms with E-state index in [1.807, 2.05) is 24.3 Å². The van der Waals surface area contributed by atoms with Crippen LogP contribution in [-0.4, -0.2) is 24.4 Å². The Morgan fingerprint density at radius 2 is 1.92 bits per heavy atom. The van der Waals surface area contributed by atoms with E-state index in [-0.39, 0.29) is 46.1 Å². The van der Waals surface area contributed by atoms with Crippen LogP contribution in [0.3, 0.4) is 0 Å². The molecular formula is C9H8OSbTi. The summed E-state index contributed by atoms with van der Waals surface area (Å²) in [6, 6.07) is 8.08. The van der Waals surface area contributed by atoms with Gasteiger partial charge in [-0.15, -0.1) is 0 Å². The number of ether oxygens (including phenoxy) is 1. The molecule has 1 aromatic carbocycles. The summed E-state index contributed by atoms with van der Waals surface area (Å²) >= 11 is 0. The van der Waals surface area contributed by atoms with E-state index in [0.717, 1.165) is 12.2 Å². The van der Waals surface area contributed by atoms with E-state index in [1.54, 1.807) is 6.26 Å². The van der Waals surface area contributed by atoms with Crippen molar-refractivity contribution in [2.75, 3.05) is 0 Å². The first kappa shape index (κ1) is 12.3. The molecular weight excluding hydrogens is 294 g/mol. The second-order valence-electron chi connectivity index (χ2n) is 2.30. The number of hydrogen-bond acceptors (Lipinski definition) is 1. The Balaban J connectivity index is 0.000000605. The maximum Gasteiger partial charge on any atom is 0.130 e. The van der Waals surface area contributed by atoms with Crippen LogP contribution in [0.15, 0.2) is 36.6 Å². The number of rotatable bonds is 0. The summed E-state index contributed by atoms with van der Waals surface area (Å²) in [7, 11) is 0. The van der Waals surface area contributed by atoms with E-state index in [2.05, 4.69) is 6.07 Å². The summed E-state index contributed by atoms with van der Waals surface area (Å²) in [5.41, 5.74) is 1.27. The van der Waals surface area contributed by atoms with Gasteiger partial charge in [0, 0.05) is 46.1 Å². The molecule has 0 spiro atoms. The third kappa shape index (κ3) is 2.66. The molecule has 0 atom stereocenters. The van der Waals surface area contributed by atoms with Gasteiger partial charge in [-0.2, -0.15) is 0 Å². The fourth-order valence-electron chi connectivity index (χ4n) is 1.08. The van der Waals surface area contributed by atoms with Gasteiger partial charge >= 0.3 is 0 Å². The summed E-state index contributed by atoms with van der Waals surface area (Å²) in [6.45, 7) is 0. The SMILES string of the molecule is C1=COc2ccccc2C1.[Sb].[Ti]. The van der Waals surface area contributed by atoms with Gasteiger partial charge in [0.25, 0.3) is 0 Å². The maximum absolute atomic E-state index is 5.24. The Bertz CT molecular complexity index is 246. The van der Waals surface area contributed by atoms with E-state index in [0.29, 0.717) is 0 Å². The van der Waals surface area contributed by atoms with Crippen LogP contribution in [0.1, 0.15) is 5.56 Å². The van der Waals surface area contributed by atoms with Crippen LogP contribution in [0.2, 0.25) is 0 Å². The largest absolute Gasteiger partial charge is 0.465 e. The van der Waals surface area contributed by atoms with E-state index in [4.69, 9.17) is 4.74 Å². The van der Waals surface area contributed by atoms with Crippen molar-refractivity contribution in [3.8, 4) is 5.75 Å². The predicted molar refractivity (Wildman–Crippen MR) is 45.7 cm³/mol. The summed E-state index contributed by atoms with van der Waals surface area (Å²) in [4.78, 5) is 0. The second-order valence-corrected chi connectivity index (χ2v) is 2.30. The third-order valence-electron chi connectivity index (χ3n) is 1.60. The van der Waals surface area contributed by atoms with Crippen molar-refractivity contribution >= 4 is 24.4 Å². The van der Waals surface area contributed by atoms with Gasteiger partial charge in [-0.25, -0.2) is 0 Å². The fourth-order valence-corrected chi connectivity index (χ4v) is 1.08. The molecule has 0 amide bonds. The van der Waals surface area contributed by atoms with Crippen molar-refractivity contribution in [3.63, 3.8) is 0 Å².